The first kappa shape index (κ1) is 16.0. The maximum atomic E-state index is 11.7. The predicted octanol–water partition coefficient (Wildman–Crippen LogP) is 2.77. The second kappa shape index (κ2) is 5.94. The molecule has 1 amide bonds. The number of phenolic OH excluding ortho intramolecular Hbond substituents is 1. The molecule has 1 unspecified atom stereocenters. The maximum Gasteiger partial charge on any atom is 0.408 e. The molecule has 0 saturated heterocycles. The van der Waals surface area contributed by atoms with Gasteiger partial charge in [0.1, 0.15) is 23.7 Å². The van der Waals surface area contributed by atoms with Gasteiger partial charge in [0.2, 0.25) is 0 Å². The zero-order valence-corrected chi connectivity index (χ0v) is 12.5. The molecule has 1 aromatic rings. The van der Waals surface area contributed by atoms with Crippen molar-refractivity contribution in [1.29, 1.82) is 0 Å². The van der Waals surface area contributed by atoms with Crippen LogP contribution in [0.15, 0.2) is 12.1 Å². The number of hydrogen-bond donors (Lipinski definition) is 2. The highest BCUT2D eigenvalue weighted by Gasteiger charge is 2.21. The van der Waals surface area contributed by atoms with Gasteiger partial charge in [0, 0.05) is 0 Å². The minimum atomic E-state index is -0.803. The number of hydrogen-bond acceptors (Lipinski definition) is 4. The number of benzene rings is 1. The van der Waals surface area contributed by atoms with Crippen molar-refractivity contribution in [2.45, 2.75) is 46.3 Å². The summed E-state index contributed by atoms with van der Waals surface area (Å²) in [5.74, 6) is 0.190. The average molecular weight is 279 g/mol. The van der Waals surface area contributed by atoms with E-state index in [1.54, 1.807) is 46.8 Å². The van der Waals surface area contributed by atoms with Crippen molar-refractivity contribution in [2.24, 2.45) is 0 Å². The fourth-order valence-corrected chi connectivity index (χ4v) is 1.80. The molecular weight excluding hydrogens is 258 g/mol. The van der Waals surface area contributed by atoms with Gasteiger partial charge in [-0.25, -0.2) is 4.79 Å². The number of carbonyl (C=O) groups is 2. The number of aromatic hydroxyl groups is 1. The van der Waals surface area contributed by atoms with Crippen molar-refractivity contribution in [3.05, 3.63) is 28.8 Å². The summed E-state index contributed by atoms with van der Waals surface area (Å²) in [6.45, 7) is 8.72. The van der Waals surface area contributed by atoms with E-state index >= 15 is 0 Å². The Morgan fingerprint density at radius 3 is 2.20 bits per heavy atom. The third-order valence-electron chi connectivity index (χ3n) is 2.68. The van der Waals surface area contributed by atoms with Crippen LogP contribution in [0.3, 0.4) is 0 Å². The average Bonchev–Trinajstić information content (AvgIpc) is 2.30. The molecule has 1 rings (SSSR count). The van der Waals surface area contributed by atoms with E-state index < -0.39 is 17.7 Å². The third kappa shape index (κ3) is 4.26. The first-order chi connectivity index (χ1) is 9.14. The number of phenols is 1. The molecule has 0 aliphatic carbocycles. The summed E-state index contributed by atoms with van der Waals surface area (Å²) in [5.41, 5.74) is 1.28. The van der Waals surface area contributed by atoms with E-state index in [4.69, 9.17) is 4.74 Å². The monoisotopic (exact) mass is 279 g/mol. The van der Waals surface area contributed by atoms with Gasteiger partial charge in [-0.1, -0.05) is 0 Å². The largest absolute Gasteiger partial charge is 0.507 e. The summed E-state index contributed by atoms with van der Waals surface area (Å²) < 4.78 is 5.12. The Kier molecular flexibility index (Phi) is 4.76. The van der Waals surface area contributed by atoms with Crippen LogP contribution in [0.2, 0.25) is 0 Å². The molecule has 0 radical (unpaired) electrons. The van der Waals surface area contributed by atoms with Crippen molar-refractivity contribution in [3.63, 3.8) is 0 Å². The summed E-state index contributed by atoms with van der Waals surface area (Å²) in [6.07, 6.45) is -0.0205. The van der Waals surface area contributed by atoms with Crippen LogP contribution in [0.25, 0.3) is 0 Å². The number of aryl methyl sites for hydroxylation is 2. The van der Waals surface area contributed by atoms with Gasteiger partial charge in [0.05, 0.1) is 0 Å². The fraction of sp³-hybridized carbons (Fsp3) is 0.467. The van der Waals surface area contributed by atoms with Crippen molar-refractivity contribution in [3.8, 4) is 5.75 Å². The molecule has 1 aromatic carbocycles. The molecule has 0 bridgehead atoms. The molecule has 2 N–H and O–H groups in total. The van der Waals surface area contributed by atoms with Gasteiger partial charge in [0.15, 0.2) is 0 Å². The van der Waals surface area contributed by atoms with Gasteiger partial charge >= 0.3 is 6.09 Å². The van der Waals surface area contributed by atoms with Crippen LogP contribution in [0.4, 0.5) is 4.79 Å². The molecule has 1 atom stereocenters. The molecule has 5 nitrogen and oxygen atoms in total. The Morgan fingerprint density at radius 2 is 1.80 bits per heavy atom. The second-order valence-electron chi connectivity index (χ2n) is 5.76. The number of carbonyl (C=O) groups excluding carboxylic acids is 2. The van der Waals surface area contributed by atoms with E-state index in [-0.39, 0.29) is 5.75 Å². The molecule has 5 heteroatoms. The molecule has 0 aliphatic rings. The highest BCUT2D eigenvalue weighted by molar-refractivity contribution is 5.75. The van der Waals surface area contributed by atoms with Crippen LogP contribution in [-0.4, -0.2) is 23.1 Å². The van der Waals surface area contributed by atoms with Gasteiger partial charge in [-0.2, -0.15) is 0 Å². The lowest BCUT2D eigenvalue weighted by Gasteiger charge is -2.22. The SMILES string of the molecule is Cc1cc(C(C=O)NC(=O)OC(C)(C)C)cc(C)c1O. The van der Waals surface area contributed by atoms with Crippen LogP contribution in [0.1, 0.15) is 43.5 Å². The predicted molar refractivity (Wildman–Crippen MR) is 75.8 cm³/mol. The highest BCUT2D eigenvalue weighted by atomic mass is 16.6. The Bertz CT molecular complexity index is 494. The minimum absolute atomic E-state index is 0.190. The van der Waals surface area contributed by atoms with Crippen LogP contribution < -0.4 is 5.32 Å². The van der Waals surface area contributed by atoms with Crippen molar-refractivity contribution < 1.29 is 19.4 Å². The number of nitrogens with one attached hydrogen (secondary N) is 1. The van der Waals surface area contributed by atoms with Gasteiger partial charge < -0.3 is 20.0 Å². The van der Waals surface area contributed by atoms with E-state index in [0.717, 1.165) is 0 Å². The highest BCUT2D eigenvalue weighted by Crippen LogP contribution is 2.25. The molecule has 20 heavy (non-hydrogen) atoms. The zero-order valence-electron chi connectivity index (χ0n) is 12.5. The lowest BCUT2D eigenvalue weighted by molar-refractivity contribution is -0.109. The number of ether oxygens (including phenoxy) is 1. The maximum absolute atomic E-state index is 11.7. The third-order valence-corrected chi connectivity index (χ3v) is 2.68. The number of alkyl carbamates (subject to hydrolysis) is 1. The Balaban J connectivity index is 2.92. The number of aldehydes is 1. The quantitative estimate of drug-likeness (QED) is 0.834. The summed E-state index contributed by atoms with van der Waals surface area (Å²) in [7, 11) is 0. The molecule has 0 heterocycles. The smallest absolute Gasteiger partial charge is 0.408 e. The fourth-order valence-electron chi connectivity index (χ4n) is 1.80. The molecule has 0 fully saturated rings. The van der Waals surface area contributed by atoms with E-state index in [0.29, 0.717) is 23.0 Å². The Labute approximate surface area is 118 Å². The Morgan fingerprint density at radius 1 is 1.30 bits per heavy atom. The van der Waals surface area contributed by atoms with Crippen molar-refractivity contribution in [1.82, 2.24) is 5.32 Å². The molecule has 0 saturated carbocycles. The number of amides is 1. The van der Waals surface area contributed by atoms with E-state index in [1.165, 1.54) is 0 Å². The molecule has 0 aliphatic heterocycles. The summed E-state index contributed by atoms with van der Waals surface area (Å²) in [6, 6.07) is 2.53. The van der Waals surface area contributed by atoms with E-state index in [9.17, 15) is 14.7 Å². The van der Waals surface area contributed by atoms with Crippen LogP contribution in [0, 0.1) is 13.8 Å². The lowest BCUT2D eigenvalue weighted by Crippen LogP contribution is -2.35. The van der Waals surface area contributed by atoms with E-state index in [1.807, 2.05) is 0 Å². The van der Waals surface area contributed by atoms with E-state index in [2.05, 4.69) is 5.32 Å². The lowest BCUT2D eigenvalue weighted by atomic mass is 10.0. The molecule has 110 valence electrons. The topological polar surface area (TPSA) is 75.6 Å². The van der Waals surface area contributed by atoms with Crippen molar-refractivity contribution >= 4 is 12.4 Å². The van der Waals surface area contributed by atoms with Gasteiger partial charge in [0.25, 0.3) is 0 Å². The van der Waals surface area contributed by atoms with Crippen molar-refractivity contribution in [2.75, 3.05) is 0 Å². The molecule has 0 aromatic heterocycles. The molecule has 0 spiro atoms. The molecular formula is C15H21NO4. The van der Waals surface area contributed by atoms with Crippen LogP contribution in [0.5, 0.6) is 5.75 Å². The number of rotatable bonds is 3. The normalized spacial score (nSPS) is 12.7. The van der Waals surface area contributed by atoms with Gasteiger partial charge in [-0.15, -0.1) is 0 Å². The van der Waals surface area contributed by atoms with Gasteiger partial charge in [-0.05, 0) is 63.4 Å². The summed E-state index contributed by atoms with van der Waals surface area (Å²) >= 11 is 0. The van der Waals surface area contributed by atoms with Crippen LogP contribution >= 0.6 is 0 Å². The standard InChI is InChI=1S/C15H21NO4/c1-9-6-11(7-10(2)13(9)18)12(8-17)16-14(19)20-15(3,4)5/h6-8,12,18H,1-5H3,(H,16,19). The Hall–Kier alpha value is -2.04. The second-order valence-corrected chi connectivity index (χ2v) is 5.76. The minimum Gasteiger partial charge on any atom is -0.507 e. The zero-order chi connectivity index (χ0) is 15.5. The first-order valence-corrected chi connectivity index (χ1v) is 6.39. The summed E-state index contributed by atoms with van der Waals surface area (Å²) in [4.78, 5) is 22.9. The summed E-state index contributed by atoms with van der Waals surface area (Å²) in [5, 5.41) is 12.2. The van der Waals surface area contributed by atoms with Gasteiger partial charge in [-0.3, -0.25) is 0 Å². The first-order valence-electron chi connectivity index (χ1n) is 6.39. The van der Waals surface area contributed by atoms with Crippen LogP contribution in [-0.2, 0) is 9.53 Å².